The Bertz CT molecular complexity index is 959. The van der Waals surface area contributed by atoms with E-state index in [9.17, 15) is 14.7 Å². The number of hydrogen-bond donors (Lipinski definition) is 1. The molecule has 0 spiro atoms. The molecule has 2 aromatic rings. The van der Waals surface area contributed by atoms with Gasteiger partial charge in [0.2, 0.25) is 5.91 Å². The van der Waals surface area contributed by atoms with Gasteiger partial charge in [0, 0.05) is 48.7 Å². The minimum atomic E-state index is -0.433. The zero-order valence-corrected chi connectivity index (χ0v) is 19.6. The third kappa shape index (κ3) is 5.23. The van der Waals surface area contributed by atoms with Crippen LogP contribution in [0.3, 0.4) is 0 Å². The lowest BCUT2D eigenvalue weighted by Gasteiger charge is -2.36. The van der Waals surface area contributed by atoms with Crippen LogP contribution < -0.4 is 9.47 Å². The molecule has 1 aliphatic heterocycles. The number of amides is 1. The fourth-order valence-corrected chi connectivity index (χ4v) is 4.73. The number of ketones is 1. The molecule has 1 fully saturated rings. The number of phenols is 1. The van der Waals surface area contributed by atoms with Crippen molar-refractivity contribution in [2.24, 2.45) is 11.8 Å². The van der Waals surface area contributed by atoms with Crippen LogP contribution in [0.2, 0.25) is 0 Å². The number of nitrogens with zero attached hydrogens (tertiary/aromatic N) is 1. The Morgan fingerprint density at radius 2 is 1.69 bits per heavy atom. The van der Waals surface area contributed by atoms with Crippen molar-refractivity contribution in [2.75, 3.05) is 27.3 Å². The number of piperidine rings is 1. The van der Waals surface area contributed by atoms with Crippen molar-refractivity contribution < 1.29 is 24.2 Å². The summed E-state index contributed by atoms with van der Waals surface area (Å²) < 4.78 is 10.8. The number of carbonyl (C=O) groups excluding carboxylic acids is 2. The molecule has 32 heavy (non-hydrogen) atoms. The van der Waals surface area contributed by atoms with Gasteiger partial charge in [0.1, 0.15) is 17.2 Å². The minimum absolute atomic E-state index is 0.00928. The standard InChI is InChI=1S/C26H33NO5/c1-16-10-17(2)15-27(14-16)25(30)13-22(20-8-6-19(7-9-20)18(3)28)26-23(29)11-21(31-4)12-24(26)32-5/h6-9,11-12,16-17,22,29H,10,13-15H2,1-5H3. The van der Waals surface area contributed by atoms with Crippen molar-refractivity contribution in [3.63, 3.8) is 0 Å². The molecule has 3 unspecified atom stereocenters. The summed E-state index contributed by atoms with van der Waals surface area (Å²) in [6.45, 7) is 7.35. The molecule has 1 amide bonds. The number of likely N-dealkylation sites (tertiary alicyclic amines) is 1. The van der Waals surface area contributed by atoms with E-state index in [0.717, 1.165) is 25.1 Å². The molecule has 0 aromatic heterocycles. The number of hydrogen-bond acceptors (Lipinski definition) is 5. The number of aromatic hydroxyl groups is 1. The Morgan fingerprint density at radius 3 is 2.22 bits per heavy atom. The molecular formula is C26H33NO5. The molecule has 3 atom stereocenters. The van der Waals surface area contributed by atoms with Crippen LogP contribution in [0.15, 0.2) is 36.4 Å². The number of rotatable bonds is 7. The smallest absolute Gasteiger partial charge is 0.223 e. The Kier molecular flexibility index (Phi) is 7.44. The van der Waals surface area contributed by atoms with E-state index in [2.05, 4.69) is 13.8 Å². The summed E-state index contributed by atoms with van der Waals surface area (Å²) in [5, 5.41) is 10.9. The quantitative estimate of drug-likeness (QED) is 0.636. The number of benzene rings is 2. The van der Waals surface area contributed by atoms with Crippen LogP contribution in [-0.2, 0) is 4.79 Å². The molecule has 1 heterocycles. The number of methoxy groups -OCH3 is 2. The summed E-state index contributed by atoms with van der Waals surface area (Å²) in [6, 6.07) is 10.4. The largest absolute Gasteiger partial charge is 0.507 e. The lowest BCUT2D eigenvalue weighted by atomic mass is 9.85. The monoisotopic (exact) mass is 439 g/mol. The van der Waals surface area contributed by atoms with Gasteiger partial charge in [0.15, 0.2) is 5.78 Å². The maximum Gasteiger partial charge on any atom is 0.223 e. The van der Waals surface area contributed by atoms with Crippen LogP contribution >= 0.6 is 0 Å². The highest BCUT2D eigenvalue weighted by Crippen LogP contribution is 2.43. The second-order valence-corrected chi connectivity index (χ2v) is 8.94. The summed E-state index contributed by atoms with van der Waals surface area (Å²) in [4.78, 5) is 27.0. The summed E-state index contributed by atoms with van der Waals surface area (Å²) in [7, 11) is 3.05. The first kappa shape index (κ1) is 23.6. The van der Waals surface area contributed by atoms with E-state index in [1.807, 2.05) is 17.0 Å². The normalized spacial score (nSPS) is 19.3. The molecule has 2 aromatic carbocycles. The van der Waals surface area contributed by atoms with Crippen LogP contribution in [0.1, 0.15) is 61.0 Å². The second kappa shape index (κ2) is 10.1. The van der Waals surface area contributed by atoms with E-state index in [1.165, 1.54) is 27.2 Å². The van der Waals surface area contributed by atoms with Gasteiger partial charge in [-0.3, -0.25) is 9.59 Å². The third-order valence-corrected chi connectivity index (χ3v) is 6.22. The molecule has 0 bridgehead atoms. The van der Waals surface area contributed by atoms with E-state index in [4.69, 9.17) is 9.47 Å². The van der Waals surface area contributed by atoms with Crippen molar-refractivity contribution in [1.29, 1.82) is 0 Å². The molecule has 6 heteroatoms. The zero-order chi connectivity index (χ0) is 23.4. The number of phenolic OH excluding ortho intramolecular Hbond substituents is 1. The van der Waals surface area contributed by atoms with Gasteiger partial charge in [0.05, 0.1) is 14.2 Å². The van der Waals surface area contributed by atoms with E-state index in [-0.39, 0.29) is 23.9 Å². The molecule has 1 N–H and O–H groups in total. The molecular weight excluding hydrogens is 406 g/mol. The minimum Gasteiger partial charge on any atom is -0.507 e. The maximum atomic E-state index is 13.4. The van der Waals surface area contributed by atoms with E-state index in [0.29, 0.717) is 34.5 Å². The Morgan fingerprint density at radius 1 is 1.06 bits per heavy atom. The molecule has 1 aliphatic rings. The molecule has 6 nitrogen and oxygen atoms in total. The Hall–Kier alpha value is -3.02. The van der Waals surface area contributed by atoms with Crippen LogP contribution in [-0.4, -0.2) is 49.0 Å². The fraction of sp³-hybridized carbons (Fsp3) is 0.462. The highest BCUT2D eigenvalue weighted by molar-refractivity contribution is 5.94. The number of Topliss-reactive ketones (excluding diaryl/α,β-unsaturated/α-hetero) is 1. The van der Waals surface area contributed by atoms with E-state index in [1.54, 1.807) is 18.2 Å². The van der Waals surface area contributed by atoms with Gasteiger partial charge in [-0.25, -0.2) is 0 Å². The SMILES string of the molecule is COc1cc(O)c(C(CC(=O)N2CC(C)CC(C)C2)c2ccc(C(C)=O)cc2)c(OC)c1. The summed E-state index contributed by atoms with van der Waals surface area (Å²) in [6.07, 6.45) is 1.31. The maximum absolute atomic E-state index is 13.4. The third-order valence-electron chi connectivity index (χ3n) is 6.22. The number of ether oxygens (including phenoxy) is 2. The van der Waals surface area contributed by atoms with Gasteiger partial charge in [-0.15, -0.1) is 0 Å². The topological polar surface area (TPSA) is 76.1 Å². The first-order chi connectivity index (χ1) is 15.2. The van der Waals surface area contributed by atoms with Crippen LogP contribution in [0.25, 0.3) is 0 Å². The molecule has 172 valence electrons. The van der Waals surface area contributed by atoms with Gasteiger partial charge >= 0.3 is 0 Å². The summed E-state index contributed by atoms with van der Waals surface area (Å²) in [5.41, 5.74) is 1.97. The average molecular weight is 440 g/mol. The predicted octanol–water partition coefficient (Wildman–Crippen LogP) is 4.64. The molecule has 0 radical (unpaired) electrons. The predicted molar refractivity (Wildman–Crippen MR) is 124 cm³/mol. The van der Waals surface area contributed by atoms with Gasteiger partial charge < -0.3 is 19.5 Å². The highest BCUT2D eigenvalue weighted by atomic mass is 16.5. The van der Waals surface area contributed by atoms with Crippen LogP contribution in [0.4, 0.5) is 0 Å². The van der Waals surface area contributed by atoms with Crippen LogP contribution in [0, 0.1) is 11.8 Å². The first-order valence-electron chi connectivity index (χ1n) is 11.1. The Labute approximate surface area is 190 Å². The van der Waals surface area contributed by atoms with Crippen LogP contribution in [0.5, 0.6) is 17.2 Å². The lowest BCUT2D eigenvalue weighted by Crippen LogP contribution is -2.43. The molecule has 1 saturated heterocycles. The van der Waals surface area contributed by atoms with Gasteiger partial charge in [0.25, 0.3) is 0 Å². The average Bonchev–Trinajstić information content (AvgIpc) is 2.76. The first-order valence-corrected chi connectivity index (χ1v) is 11.1. The van der Waals surface area contributed by atoms with E-state index < -0.39 is 5.92 Å². The number of carbonyl (C=O) groups is 2. The molecule has 0 saturated carbocycles. The van der Waals surface area contributed by atoms with Crippen molar-refractivity contribution in [1.82, 2.24) is 4.90 Å². The second-order valence-electron chi connectivity index (χ2n) is 8.94. The van der Waals surface area contributed by atoms with Crippen molar-refractivity contribution in [3.8, 4) is 17.2 Å². The van der Waals surface area contributed by atoms with E-state index >= 15 is 0 Å². The summed E-state index contributed by atoms with van der Waals surface area (Å²) >= 11 is 0. The van der Waals surface area contributed by atoms with Gasteiger partial charge in [-0.05, 0) is 30.7 Å². The molecule has 3 rings (SSSR count). The highest BCUT2D eigenvalue weighted by Gasteiger charge is 2.31. The van der Waals surface area contributed by atoms with Crippen molar-refractivity contribution >= 4 is 11.7 Å². The lowest BCUT2D eigenvalue weighted by molar-refractivity contribution is -0.134. The van der Waals surface area contributed by atoms with Gasteiger partial charge in [-0.1, -0.05) is 38.1 Å². The summed E-state index contributed by atoms with van der Waals surface area (Å²) in [5.74, 6) is 1.44. The fourth-order valence-electron chi connectivity index (χ4n) is 4.73. The molecule has 0 aliphatic carbocycles. The van der Waals surface area contributed by atoms with Crippen molar-refractivity contribution in [2.45, 2.75) is 39.5 Å². The zero-order valence-electron chi connectivity index (χ0n) is 19.6. The van der Waals surface area contributed by atoms with Gasteiger partial charge in [-0.2, -0.15) is 0 Å². The Balaban J connectivity index is 2.02. The van der Waals surface area contributed by atoms with Crippen molar-refractivity contribution in [3.05, 3.63) is 53.1 Å².